The number of amides is 1. The second-order valence-corrected chi connectivity index (χ2v) is 6.30. The van der Waals surface area contributed by atoms with Gasteiger partial charge in [0.1, 0.15) is 0 Å². The Morgan fingerprint density at radius 1 is 1.30 bits per heavy atom. The van der Waals surface area contributed by atoms with Crippen LogP contribution in [-0.2, 0) is 0 Å². The fourth-order valence-electron chi connectivity index (χ4n) is 3.17. The van der Waals surface area contributed by atoms with Crippen LogP contribution in [0.1, 0.15) is 61.1 Å². The Morgan fingerprint density at radius 3 is 2.55 bits per heavy atom. The SMILES string of the molecule is Cc1[nH]nc(C(=O)N(CC2CCCCC2)C2CC2)c1N. The van der Waals surface area contributed by atoms with Crippen molar-refractivity contribution in [3.63, 3.8) is 0 Å². The molecule has 5 heteroatoms. The summed E-state index contributed by atoms with van der Waals surface area (Å²) in [5.74, 6) is 0.675. The summed E-state index contributed by atoms with van der Waals surface area (Å²) in [5, 5.41) is 6.91. The third kappa shape index (κ3) is 2.67. The molecule has 2 aliphatic carbocycles. The van der Waals surface area contributed by atoms with Gasteiger partial charge in [-0.3, -0.25) is 9.89 Å². The minimum Gasteiger partial charge on any atom is -0.395 e. The molecule has 2 fully saturated rings. The van der Waals surface area contributed by atoms with Crippen LogP contribution in [0.15, 0.2) is 0 Å². The van der Waals surface area contributed by atoms with E-state index in [0.29, 0.717) is 23.3 Å². The van der Waals surface area contributed by atoms with E-state index in [9.17, 15) is 4.79 Å². The smallest absolute Gasteiger partial charge is 0.276 e. The van der Waals surface area contributed by atoms with E-state index in [1.807, 2.05) is 11.8 Å². The number of nitrogen functional groups attached to an aromatic ring is 1. The topological polar surface area (TPSA) is 75.0 Å². The standard InChI is InChI=1S/C15H24N4O/c1-10-13(16)14(18-17-10)15(20)19(12-7-8-12)9-11-5-3-2-4-6-11/h11-12H,2-9,16H2,1H3,(H,17,18). The number of aromatic amines is 1. The van der Waals surface area contributed by atoms with Crippen molar-refractivity contribution in [1.29, 1.82) is 0 Å². The van der Waals surface area contributed by atoms with E-state index in [4.69, 9.17) is 5.73 Å². The van der Waals surface area contributed by atoms with Crippen molar-refractivity contribution in [2.45, 2.75) is 57.9 Å². The molecule has 2 aliphatic rings. The number of anilines is 1. The van der Waals surface area contributed by atoms with Gasteiger partial charge < -0.3 is 10.6 Å². The summed E-state index contributed by atoms with van der Waals surface area (Å²) >= 11 is 0. The van der Waals surface area contributed by atoms with Gasteiger partial charge in [-0.2, -0.15) is 5.10 Å². The summed E-state index contributed by atoms with van der Waals surface area (Å²) in [7, 11) is 0. The maximum absolute atomic E-state index is 12.7. The average Bonchev–Trinajstić information content (AvgIpc) is 3.25. The lowest BCUT2D eigenvalue weighted by molar-refractivity contribution is 0.0694. The lowest BCUT2D eigenvalue weighted by Crippen LogP contribution is -2.38. The van der Waals surface area contributed by atoms with Crippen molar-refractivity contribution in [3.8, 4) is 0 Å². The van der Waals surface area contributed by atoms with Crippen LogP contribution in [-0.4, -0.2) is 33.6 Å². The largest absolute Gasteiger partial charge is 0.395 e. The molecule has 110 valence electrons. The van der Waals surface area contributed by atoms with Gasteiger partial charge in [-0.1, -0.05) is 19.3 Å². The Labute approximate surface area is 119 Å². The fourth-order valence-corrected chi connectivity index (χ4v) is 3.17. The van der Waals surface area contributed by atoms with E-state index in [1.165, 1.54) is 32.1 Å². The molecule has 3 N–H and O–H groups in total. The summed E-state index contributed by atoms with van der Waals surface area (Å²) in [5.41, 5.74) is 7.64. The molecule has 2 saturated carbocycles. The van der Waals surface area contributed by atoms with Crippen molar-refractivity contribution in [3.05, 3.63) is 11.4 Å². The van der Waals surface area contributed by atoms with Crippen molar-refractivity contribution in [2.75, 3.05) is 12.3 Å². The highest BCUT2D eigenvalue weighted by molar-refractivity contribution is 5.98. The van der Waals surface area contributed by atoms with Crippen molar-refractivity contribution >= 4 is 11.6 Å². The monoisotopic (exact) mass is 276 g/mol. The third-order valence-electron chi connectivity index (χ3n) is 4.63. The maximum atomic E-state index is 12.7. The Bertz CT molecular complexity index is 486. The highest BCUT2D eigenvalue weighted by Crippen LogP contribution is 2.33. The zero-order valence-corrected chi connectivity index (χ0v) is 12.2. The first-order valence-electron chi connectivity index (χ1n) is 7.78. The average molecular weight is 276 g/mol. The van der Waals surface area contributed by atoms with Gasteiger partial charge in [0.15, 0.2) is 5.69 Å². The molecule has 5 nitrogen and oxygen atoms in total. The number of carbonyl (C=O) groups is 1. The highest BCUT2D eigenvalue weighted by atomic mass is 16.2. The van der Waals surface area contributed by atoms with E-state index in [1.54, 1.807) is 0 Å². The molecule has 1 aromatic rings. The number of nitrogens with two attached hydrogens (primary N) is 1. The normalized spacial score (nSPS) is 20.1. The van der Waals surface area contributed by atoms with Gasteiger partial charge in [0.25, 0.3) is 5.91 Å². The van der Waals surface area contributed by atoms with Crippen LogP contribution in [0.5, 0.6) is 0 Å². The molecular formula is C15H24N4O. The summed E-state index contributed by atoms with van der Waals surface area (Å²) in [4.78, 5) is 14.7. The molecule has 3 rings (SSSR count). The quantitative estimate of drug-likeness (QED) is 0.887. The third-order valence-corrected chi connectivity index (χ3v) is 4.63. The van der Waals surface area contributed by atoms with Gasteiger partial charge in [0.05, 0.1) is 11.4 Å². The molecule has 1 aromatic heterocycles. The lowest BCUT2D eigenvalue weighted by atomic mass is 9.89. The number of H-pyrrole nitrogens is 1. The summed E-state index contributed by atoms with van der Waals surface area (Å²) in [6.07, 6.45) is 8.72. The Hall–Kier alpha value is -1.52. The van der Waals surface area contributed by atoms with Crippen LogP contribution < -0.4 is 5.73 Å². The van der Waals surface area contributed by atoms with Crippen LogP contribution in [0.25, 0.3) is 0 Å². The van der Waals surface area contributed by atoms with Crippen molar-refractivity contribution < 1.29 is 4.79 Å². The van der Waals surface area contributed by atoms with Gasteiger partial charge in [-0.25, -0.2) is 0 Å². The molecule has 0 unspecified atom stereocenters. The lowest BCUT2D eigenvalue weighted by Gasteiger charge is -2.29. The summed E-state index contributed by atoms with van der Waals surface area (Å²) < 4.78 is 0. The molecule has 0 aliphatic heterocycles. The predicted molar refractivity (Wildman–Crippen MR) is 78.4 cm³/mol. The molecule has 1 heterocycles. The van der Waals surface area contributed by atoms with Gasteiger partial charge in [-0.15, -0.1) is 0 Å². The number of rotatable bonds is 4. The molecule has 20 heavy (non-hydrogen) atoms. The van der Waals surface area contributed by atoms with Crippen LogP contribution in [0.2, 0.25) is 0 Å². The molecule has 1 amide bonds. The maximum Gasteiger partial charge on any atom is 0.276 e. The number of aryl methyl sites for hydroxylation is 1. The number of nitrogens with zero attached hydrogens (tertiary/aromatic N) is 2. The van der Waals surface area contributed by atoms with Crippen LogP contribution in [0, 0.1) is 12.8 Å². The van der Waals surface area contributed by atoms with Crippen LogP contribution in [0.3, 0.4) is 0 Å². The fraction of sp³-hybridized carbons (Fsp3) is 0.733. The van der Waals surface area contributed by atoms with Gasteiger partial charge in [0, 0.05) is 12.6 Å². The first kappa shape index (κ1) is 13.5. The van der Waals surface area contributed by atoms with Crippen LogP contribution >= 0.6 is 0 Å². The number of aromatic nitrogens is 2. The summed E-state index contributed by atoms with van der Waals surface area (Å²) in [6, 6.07) is 0.417. The Kier molecular flexibility index (Phi) is 3.68. The molecule has 0 bridgehead atoms. The highest BCUT2D eigenvalue weighted by Gasteiger charge is 2.36. The molecule has 0 spiro atoms. The number of nitrogens with one attached hydrogen (secondary N) is 1. The Balaban J connectivity index is 1.73. The van der Waals surface area contributed by atoms with Gasteiger partial charge >= 0.3 is 0 Å². The predicted octanol–water partition coefficient (Wildman–Crippen LogP) is 2.49. The first-order chi connectivity index (χ1) is 9.66. The minimum atomic E-state index is 0.0138. The molecule has 0 aromatic carbocycles. The van der Waals surface area contributed by atoms with Crippen molar-refractivity contribution in [2.24, 2.45) is 5.92 Å². The molecule has 0 saturated heterocycles. The van der Waals surface area contributed by atoms with E-state index in [-0.39, 0.29) is 5.91 Å². The minimum absolute atomic E-state index is 0.0138. The number of hydrogen-bond acceptors (Lipinski definition) is 3. The second-order valence-electron chi connectivity index (χ2n) is 6.30. The molecule has 0 radical (unpaired) electrons. The van der Waals surface area contributed by atoms with Crippen LogP contribution in [0.4, 0.5) is 5.69 Å². The van der Waals surface area contributed by atoms with E-state index in [2.05, 4.69) is 10.2 Å². The van der Waals surface area contributed by atoms with Crippen molar-refractivity contribution in [1.82, 2.24) is 15.1 Å². The molecular weight excluding hydrogens is 252 g/mol. The van der Waals surface area contributed by atoms with Gasteiger partial charge in [-0.05, 0) is 38.5 Å². The first-order valence-corrected chi connectivity index (χ1v) is 7.78. The van der Waals surface area contributed by atoms with E-state index < -0.39 is 0 Å². The second kappa shape index (κ2) is 5.46. The number of carbonyl (C=O) groups excluding carboxylic acids is 1. The van der Waals surface area contributed by atoms with E-state index >= 15 is 0 Å². The summed E-state index contributed by atoms with van der Waals surface area (Å²) in [6.45, 7) is 2.73. The number of hydrogen-bond donors (Lipinski definition) is 2. The molecule has 0 atom stereocenters. The zero-order chi connectivity index (χ0) is 14.1. The van der Waals surface area contributed by atoms with E-state index in [0.717, 1.165) is 25.1 Å². The zero-order valence-electron chi connectivity index (χ0n) is 12.2. The Morgan fingerprint density at radius 2 is 2.00 bits per heavy atom. The van der Waals surface area contributed by atoms with Gasteiger partial charge in [0.2, 0.25) is 0 Å².